The number of aryl methyl sites for hydroxylation is 2. The molecule has 1 aliphatic rings. The molecule has 0 saturated heterocycles. The summed E-state index contributed by atoms with van der Waals surface area (Å²) >= 11 is 11.3. The Labute approximate surface area is 108 Å². The van der Waals surface area contributed by atoms with Crippen LogP contribution in [0.4, 0.5) is 0 Å². The maximum atomic E-state index is 11.6. The quantitative estimate of drug-likeness (QED) is 0.892. The topological polar surface area (TPSA) is 66.6 Å². The average Bonchev–Trinajstić information content (AvgIpc) is 2.68. The Morgan fingerprint density at radius 3 is 2.53 bits per heavy atom. The lowest BCUT2D eigenvalue weighted by Gasteiger charge is -2.18. The third-order valence-electron chi connectivity index (χ3n) is 2.56. The molecule has 92 valence electrons. The van der Waals surface area contributed by atoms with Crippen LogP contribution in [0.25, 0.3) is 0 Å². The van der Waals surface area contributed by atoms with E-state index in [1.54, 1.807) is 13.8 Å². The van der Waals surface area contributed by atoms with Crippen LogP contribution in [0.15, 0.2) is 14.5 Å². The predicted molar refractivity (Wildman–Crippen MR) is 61.3 cm³/mol. The van der Waals surface area contributed by atoms with E-state index >= 15 is 0 Å². The van der Waals surface area contributed by atoms with Gasteiger partial charge in [-0.25, -0.2) is 4.98 Å². The van der Waals surface area contributed by atoms with Crippen molar-refractivity contribution in [3.05, 3.63) is 27.4 Å². The van der Waals surface area contributed by atoms with Gasteiger partial charge in [0.05, 0.1) is 10.7 Å². The van der Waals surface area contributed by atoms with Gasteiger partial charge in [-0.1, -0.05) is 23.2 Å². The zero-order chi connectivity index (χ0) is 12.7. The fraction of sp³-hybridized carbons (Fsp3) is 0.400. The van der Waals surface area contributed by atoms with Crippen molar-refractivity contribution in [2.24, 2.45) is 0 Å². The monoisotopic (exact) mass is 276 g/mol. The Morgan fingerprint density at radius 1 is 1.47 bits per heavy atom. The first-order chi connectivity index (χ1) is 7.91. The fourth-order valence-electron chi connectivity index (χ4n) is 1.50. The third-order valence-corrected chi connectivity index (χ3v) is 3.40. The molecule has 1 aliphatic heterocycles. The number of oxazole rings is 1. The summed E-state index contributed by atoms with van der Waals surface area (Å²) in [7, 11) is 0. The van der Waals surface area contributed by atoms with Crippen molar-refractivity contribution < 1.29 is 14.3 Å². The second-order valence-electron chi connectivity index (χ2n) is 3.72. The molecule has 0 aromatic carbocycles. The van der Waals surface area contributed by atoms with Gasteiger partial charge in [0.2, 0.25) is 5.89 Å². The molecule has 1 aromatic rings. The lowest BCUT2D eigenvalue weighted by Crippen LogP contribution is -2.34. The second-order valence-corrected chi connectivity index (χ2v) is 4.50. The Hall–Kier alpha value is -1.04. The Morgan fingerprint density at radius 2 is 2.12 bits per heavy atom. The normalized spacial score (nSPS) is 20.6. The zero-order valence-electron chi connectivity index (χ0n) is 9.20. The van der Waals surface area contributed by atoms with Crippen LogP contribution in [0.3, 0.4) is 0 Å². The van der Waals surface area contributed by atoms with E-state index in [2.05, 4.69) is 4.98 Å². The minimum atomic E-state index is -1.23. The number of carbonyl (C=O) groups excluding carboxylic acids is 1. The van der Waals surface area contributed by atoms with Crippen molar-refractivity contribution >= 4 is 29.1 Å². The SMILES string of the molecule is Cc1nc(CN2C(=O)C(Cl)=C(Cl)C2O)oc1C. The van der Waals surface area contributed by atoms with Crippen molar-refractivity contribution in [1.82, 2.24) is 9.88 Å². The molecular formula is C10H10Cl2N2O3. The highest BCUT2D eigenvalue weighted by atomic mass is 35.5. The first kappa shape index (κ1) is 12.4. The summed E-state index contributed by atoms with van der Waals surface area (Å²) in [6, 6.07) is 0. The Kier molecular flexibility index (Phi) is 3.16. The third kappa shape index (κ3) is 2.06. The van der Waals surface area contributed by atoms with Gasteiger partial charge in [-0.15, -0.1) is 0 Å². The second kappa shape index (κ2) is 4.33. The number of aliphatic hydroxyl groups excluding tert-OH is 1. The van der Waals surface area contributed by atoms with Gasteiger partial charge < -0.3 is 9.52 Å². The number of amides is 1. The lowest BCUT2D eigenvalue weighted by molar-refractivity contribution is -0.132. The summed E-state index contributed by atoms with van der Waals surface area (Å²) in [4.78, 5) is 16.9. The van der Waals surface area contributed by atoms with Crippen molar-refractivity contribution in [2.45, 2.75) is 26.6 Å². The molecular weight excluding hydrogens is 267 g/mol. The highest BCUT2D eigenvalue weighted by Crippen LogP contribution is 2.31. The summed E-state index contributed by atoms with van der Waals surface area (Å²) in [6.45, 7) is 3.59. The standard InChI is InChI=1S/C10H10Cl2N2O3/c1-4-5(2)17-6(13-4)3-14-9(15)7(11)8(12)10(14)16/h9,15H,3H2,1-2H3. The molecule has 1 aromatic heterocycles. The number of halogens is 2. The number of aromatic nitrogens is 1. The van der Waals surface area contributed by atoms with Gasteiger partial charge in [0.15, 0.2) is 6.23 Å². The van der Waals surface area contributed by atoms with E-state index in [-0.39, 0.29) is 16.6 Å². The fourth-order valence-corrected chi connectivity index (χ4v) is 1.91. The van der Waals surface area contributed by atoms with Crippen LogP contribution >= 0.6 is 23.2 Å². The van der Waals surface area contributed by atoms with Crippen LogP contribution in [0, 0.1) is 13.8 Å². The molecule has 1 N–H and O–H groups in total. The molecule has 0 aliphatic carbocycles. The maximum Gasteiger partial charge on any atom is 0.269 e. The molecule has 0 fully saturated rings. The van der Waals surface area contributed by atoms with E-state index < -0.39 is 12.1 Å². The van der Waals surface area contributed by atoms with Crippen molar-refractivity contribution in [3.8, 4) is 0 Å². The molecule has 2 rings (SSSR count). The number of hydrogen-bond donors (Lipinski definition) is 1. The van der Waals surface area contributed by atoms with Crippen LogP contribution in [0.5, 0.6) is 0 Å². The minimum absolute atomic E-state index is 0.0289. The van der Waals surface area contributed by atoms with E-state index in [1.807, 2.05) is 0 Å². The van der Waals surface area contributed by atoms with Crippen molar-refractivity contribution in [2.75, 3.05) is 0 Å². The number of nitrogens with zero attached hydrogens (tertiary/aromatic N) is 2. The van der Waals surface area contributed by atoms with Crippen LogP contribution in [0.1, 0.15) is 17.3 Å². The van der Waals surface area contributed by atoms with Crippen LogP contribution < -0.4 is 0 Å². The van der Waals surface area contributed by atoms with Gasteiger partial charge in [0.1, 0.15) is 17.3 Å². The molecule has 1 unspecified atom stereocenters. The summed E-state index contributed by atoms with van der Waals surface area (Å²) in [5.41, 5.74) is 0.742. The van der Waals surface area contributed by atoms with Crippen LogP contribution in [-0.2, 0) is 11.3 Å². The molecule has 5 nitrogen and oxygen atoms in total. The first-order valence-electron chi connectivity index (χ1n) is 4.89. The van der Waals surface area contributed by atoms with E-state index in [0.29, 0.717) is 11.7 Å². The molecule has 1 atom stereocenters. The van der Waals surface area contributed by atoms with Gasteiger partial charge in [-0.3, -0.25) is 9.69 Å². The lowest BCUT2D eigenvalue weighted by atomic mass is 10.4. The van der Waals surface area contributed by atoms with Gasteiger partial charge in [-0.05, 0) is 13.8 Å². The van der Waals surface area contributed by atoms with E-state index in [4.69, 9.17) is 27.6 Å². The van der Waals surface area contributed by atoms with Gasteiger partial charge >= 0.3 is 0 Å². The number of aliphatic hydroxyl groups is 1. The van der Waals surface area contributed by atoms with E-state index in [9.17, 15) is 9.90 Å². The zero-order valence-corrected chi connectivity index (χ0v) is 10.7. The summed E-state index contributed by atoms with van der Waals surface area (Å²) in [5.74, 6) is 0.479. The Balaban J connectivity index is 2.19. The van der Waals surface area contributed by atoms with E-state index in [1.165, 1.54) is 0 Å². The van der Waals surface area contributed by atoms with Crippen LogP contribution in [0.2, 0.25) is 0 Å². The maximum absolute atomic E-state index is 11.6. The molecule has 7 heteroatoms. The highest BCUT2D eigenvalue weighted by molar-refractivity contribution is 6.49. The molecule has 0 spiro atoms. The van der Waals surface area contributed by atoms with Gasteiger partial charge in [-0.2, -0.15) is 0 Å². The largest absolute Gasteiger partial charge is 0.444 e. The van der Waals surface area contributed by atoms with Gasteiger partial charge in [0, 0.05) is 0 Å². The molecule has 0 bridgehead atoms. The minimum Gasteiger partial charge on any atom is -0.444 e. The number of hydrogen-bond acceptors (Lipinski definition) is 4. The van der Waals surface area contributed by atoms with Gasteiger partial charge in [0.25, 0.3) is 5.91 Å². The van der Waals surface area contributed by atoms with E-state index in [0.717, 1.165) is 10.6 Å². The molecule has 1 amide bonds. The Bertz CT molecular complexity index is 490. The summed E-state index contributed by atoms with van der Waals surface area (Å²) in [5, 5.41) is 9.46. The predicted octanol–water partition coefficient (Wildman–Crippen LogP) is 1.64. The van der Waals surface area contributed by atoms with Crippen molar-refractivity contribution in [1.29, 1.82) is 0 Å². The van der Waals surface area contributed by atoms with Crippen LogP contribution in [-0.4, -0.2) is 27.1 Å². The highest BCUT2D eigenvalue weighted by Gasteiger charge is 2.37. The smallest absolute Gasteiger partial charge is 0.269 e. The summed E-state index contributed by atoms with van der Waals surface area (Å²) in [6.07, 6.45) is -1.23. The summed E-state index contributed by atoms with van der Waals surface area (Å²) < 4.78 is 5.32. The number of rotatable bonds is 2. The average molecular weight is 277 g/mol. The number of carbonyl (C=O) groups is 1. The molecule has 2 heterocycles. The van der Waals surface area contributed by atoms with Crippen molar-refractivity contribution in [3.63, 3.8) is 0 Å². The molecule has 0 radical (unpaired) electrons. The first-order valence-corrected chi connectivity index (χ1v) is 5.64. The molecule has 0 saturated carbocycles. The molecule has 17 heavy (non-hydrogen) atoms.